The summed E-state index contributed by atoms with van der Waals surface area (Å²) in [7, 11) is 0. The van der Waals surface area contributed by atoms with Gasteiger partial charge in [-0.05, 0) is 96.0 Å². The second-order valence-electron chi connectivity index (χ2n) is 14.1. The number of aromatic nitrogens is 2. The summed E-state index contributed by atoms with van der Waals surface area (Å²) in [4.78, 5) is 10.6. The van der Waals surface area contributed by atoms with E-state index in [9.17, 15) is 0 Å². The van der Waals surface area contributed by atoms with Gasteiger partial charge >= 0.3 is 0 Å². The Labute approximate surface area is 322 Å². The molecule has 2 aromatic heterocycles. The molecule has 0 spiro atoms. The summed E-state index contributed by atoms with van der Waals surface area (Å²) in [5.41, 5.74) is 11.1. The second kappa shape index (κ2) is 12.9. The Morgan fingerprint density at radius 3 is 1.42 bits per heavy atom. The van der Waals surface area contributed by atoms with Crippen molar-refractivity contribution in [3.05, 3.63) is 194 Å². The van der Waals surface area contributed by atoms with Crippen LogP contribution in [0.5, 0.6) is 0 Å². The molecule has 0 fully saturated rings. The Bertz CT molecular complexity index is 3230. The standard InChI is InChI=1S/C52H32N2S/c1-2-13-33(14-3-1)34-15-11-19-39(30-34)49-51-50(46-25-8-9-26-48(46)55-51)54-52(53-49)40-20-12-18-37(31-40)35-16-10-17-36(29-35)38-27-28-45-43-23-5-4-21-41(43)42-22-6-7-24-44(42)47(45)32-38/h1-32H. The first-order valence-corrected chi connectivity index (χ1v) is 19.5. The average Bonchev–Trinajstić information content (AvgIpc) is 3.65. The van der Waals surface area contributed by atoms with E-state index in [0.29, 0.717) is 0 Å². The van der Waals surface area contributed by atoms with Crippen LogP contribution in [-0.4, -0.2) is 9.97 Å². The molecule has 0 atom stereocenters. The minimum Gasteiger partial charge on any atom is -0.226 e. The first kappa shape index (κ1) is 31.6. The van der Waals surface area contributed by atoms with Gasteiger partial charge in [0.1, 0.15) is 0 Å². The van der Waals surface area contributed by atoms with Crippen LogP contribution < -0.4 is 0 Å². The number of rotatable bonds is 5. The third kappa shape index (κ3) is 5.40. The molecule has 0 aliphatic rings. The zero-order valence-corrected chi connectivity index (χ0v) is 30.6. The maximum absolute atomic E-state index is 5.35. The molecule has 3 heteroatoms. The molecular formula is C52H32N2S. The SMILES string of the molecule is c1ccc(-c2cccc(-c3nc(-c4cccc(-c5cccc(-c6ccc7c8ccccc8c8ccccc8c7c6)c5)c4)nc4c3sc3ccccc34)c2)cc1. The van der Waals surface area contributed by atoms with Crippen LogP contribution in [0.1, 0.15) is 0 Å². The van der Waals surface area contributed by atoms with Crippen molar-refractivity contribution in [2.75, 3.05) is 0 Å². The van der Waals surface area contributed by atoms with Gasteiger partial charge in [0.2, 0.25) is 0 Å². The normalized spacial score (nSPS) is 11.6. The number of fused-ring (bicyclic) bond motifs is 9. The van der Waals surface area contributed by atoms with E-state index in [0.717, 1.165) is 49.4 Å². The second-order valence-corrected chi connectivity index (χ2v) is 15.2. The lowest BCUT2D eigenvalue weighted by Crippen LogP contribution is -1.94. The molecule has 2 heterocycles. The lowest BCUT2D eigenvalue weighted by molar-refractivity contribution is 1.24. The van der Waals surface area contributed by atoms with Gasteiger partial charge in [-0.25, -0.2) is 9.97 Å². The molecule has 0 N–H and O–H groups in total. The highest BCUT2D eigenvalue weighted by atomic mass is 32.1. The fraction of sp³-hybridized carbons (Fsp3) is 0. The summed E-state index contributed by atoms with van der Waals surface area (Å²) < 4.78 is 2.32. The lowest BCUT2D eigenvalue weighted by atomic mass is 9.91. The lowest BCUT2D eigenvalue weighted by Gasteiger charge is -2.13. The van der Waals surface area contributed by atoms with Crippen molar-refractivity contribution in [1.82, 2.24) is 9.97 Å². The zero-order valence-electron chi connectivity index (χ0n) is 29.8. The summed E-state index contributed by atoms with van der Waals surface area (Å²) in [6.45, 7) is 0. The topological polar surface area (TPSA) is 25.8 Å². The van der Waals surface area contributed by atoms with Crippen LogP contribution in [0, 0.1) is 0 Å². The van der Waals surface area contributed by atoms with Gasteiger partial charge in [-0.15, -0.1) is 11.3 Å². The van der Waals surface area contributed by atoms with Crippen molar-refractivity contribution in [3.63, 3.8) is 0 Å². The van der Waals surface area contributed by atoms with Gasteiger partial charge < -0.3 is 0 Å². The number of hydrogen-bond acceptors (Lipinski definition) is 3. The number of nitrogens with zero attached hydrogens (tertiary/aromatic N) is 2. The van der Waals surface area contributed by atoms with Crippen LogP contribution in [-0.2, 0) is 0 Å². The molecule has 0 aliphatic carbocycles. The maximum atomic E-state index is 5.35. The smallest absolute Gasteiger partial charge is 0.160 e. The van der Waals surface area contributed by atoms with E-state index >= 15 is 0 Å². The molecule has 2 nitrogen and oxygen atoms in total. The van der Waals surface area contributed by atoms with Crippen LogP contribution in [0.3, 0.4) is 0 Å². The predicted octanol–water partition coefficient (Wildman–Crippen LogP) is 14.6. The highest BCUT2D eigenvalue weighted by Crippen LogP contribution is 2.41. The molecule has 55 heavy (non-hydrogen) atoms. The minimum absolute atomic E-state index is 0.725. The number of thiophene rings is 1. The van der Waals surface area contributed by atoms with Crippen LogP contribution in [0.15, 0.2) is 194 Å². The highest BCUT2D eigenvalue weighted by Gasteiger charge is 2.18. The van der Waals surface area contributed by atoms with E-state index in [1.165, 1.54) is 59.3 Å². The van der Waals surface area contributed by atoms with E-state index in [1.807, 2.05) is 0 Å². The molecule has 0 saturated carbocycles. The zero-order chi connectivity index (χ0) is 36.3. The van der Waals surface area contributed by atoms with E-state index in [1.54, 1.807) is 11.3 Å². The minimum atomic E-state index is 0.725. The van der Waals surface area contributed by atoms with Crippen molar-refractivity contribution < 1.29 is 0 Å². The summed E-state index contributed by atoms with van der Waals surface area (Å²) in [6.07, 6.45) is 0. The van der Waals surface area contributed by atoms with Crippen molar-refractivity contribution in [2.24, 2.45) is 0 Å². The molecule has 11 rings (SSSR count). The van der Waals surface area contributed by atoms with E-state index < -0.39 is 0 Å². The third-order valence-electron chi connectivity index (χ3n) is 10.9. The van der Waals surface area contributed by atoms with Crippen molar-refractivity contribution in [3.8, 4) is 56.0 Å². The molecular weight excluding hydrogens is 685 g/mol. The Hall–Kier alpha value is -6.94. The monoisotopic (exact) mass is 716 g/mol. The van der Waals surface area contributed by atoms with Crippen molar-refractivity contribution in [1.29, 1.82) is 0 Å². The molecule has 0 radical (unpaired) electrons. The van der Waals surface area contributed by atoms with Gasteiger partial charge in [-0.3, -0.25) is 0 Å². The fourth-order valence-electron chi connectivity index (χ4n) is 8.20. The fourth-order valence-corrected chi connectivity index (χ4v) is 9.35. The number of benzene rings is 9. The molecule has 0 amide bonds. The van der Waals surface area contributed by atoms with E-state index in [2.05, 4.69) is 194 Å². The Morgan fingerprint density at radius 2 is 0.745 bits per heavy atom. The van der Waals surface area contributed by atoms with Gasteiger partial charge in [0.05, 0.1) is 15.9 Å². The maximum Gasteiger partial charge on any atom is 0.160 e. The van der Waals surface area contributed by atoms with Crippen LogP contribution >= 0.6 is 11.3 Å². The van der Waals surface area contributed by atoms with Crippen molar-refractivity contribution >= 4 is 64.0 Å². The molecule has 9 aromatic carbocycles. The molecule has 0 aliphatic heterocycles. The molecule has 0 saturated heterocycles. The van der Waals surface area contributed by atoms with Gasteiger partial charge in [0, 0.05) is 21.2 Å². The van der Waals surface area contributed by atoms with Crippen molar-refractivity contribution in [2.45, 2.75) is 0 Å². The first-order chi connectivity index (χ1) is 27.2. The van der Waals surface area contributed by atoms with Crippen LogP contribution in [0.25, 0.3) is 109 Å². The summed E-state index contributed by atoms with van der Waals surface area (Å²) in [5, 5.41) is 8.87. The largest absolute Gasteiger partial charge is 0.226 e. The summed E-state index contributed by atoms with van der Waals surface area (Å²) in [5.74, 6) is 0.725. The Kier molecular flexibility index (Phi) is 7.39. The summed E-state index contributed by atoms with van der Waals surface area (Å²) >= 11 is 1.76. The highest BCUT2D eigenvalue weighted by molar-refractivity contribution is 7.26. The van der Waals surface area contributed by atoms with E-state index in [-0.39, 0.29) is 0 Å². The molecule has 0 bridgehead atoms. The predicted molar refractivity (Wildman–Crippen MR) is 235 cm³/mol. The Balaban J connectivity index is 1.03. The number of hydrogen-bond donors (Lipinski definition) is 0. The molecule has 0 unspecified atom stereocenters. The Morgan fingerprint density at radius 1 is 0.291 bits per heavy atom. The summed E-state index contributed by atoms with van der Waals surface area (Å²) in [6, 6.07) is 69.8. The molecule has 256 valence electrons. The van der Waals surface area contributed by atoms with Crippen LogP contribution in [0.4, 0.5) is 0 Å². The average molecular weight is 717 g/mol. The van der Waals surface area contributed by atoms with Crippen LogP contribution in [0.2, 0.25) is 0 Å². The van der Waals surface area contributed by atoms with Gasteiger partial charge in [0.15, 0.2) is 5.82 Å². The van der Waals surface area contributed by atoms with Gasteiger partial charge in [-0.2, -0.15) is 0 Å². The van der Waals surface area contributed by atoms with E-state index in [4.69, 9.17) is 9.97 Å². The quantitative estimate of drug-likeness (QED) is 0.166. The molecule has 11 aromatic rings. The first-order valence-electron chi connectivity index (χ1n) is 18.6. The van der Waals surface area contributed by atoms with Gasteiger partial charge in [-0.1, -0.05) is 164 Å². The third-order valence-corrected chi connectivity index (χ3v) is 12.0. The van der Waals surface area contributed by atoms with Gasteiger partial charge in [0.25, 0.3) is 0 Å².